The topological polar surface area (TPSA) is 77.0 Å². The van der Waals surface area contributed by atoms with Crippen LogP contribution < -0.4 is 10.6 Å². The van der Waals surface area contributed by atoms with Gasteiger partial charge in [-0.1, -0.05) is 30.0 Å². The van der Waals surface area contributed by atoms with Gasteiger partial charge >= 0.3 is 0 Å². The van der Waals surface area contributed by atoms with E-state index >= 15 is 0 Å². The van der Waals surface area contributed by atoms with Crippen molar-refractivity contribution in [2.24, 2.45) is 7.05 Å². The van der Waals surface area contributed by atoms with Crippen molar-refractivity contribution in [3.63, 3.8) is 0 Å². The van der Waals surface area contributed by atoms with Gasteiger partial charge in [-0.05, 0) is 19.1 Å². The van der Waals surface area contributed by atoms with Crippen LogP contribution in [0, 0.1) is 0 Å². The first kappa shape index (κ1) is 14.4. The Morgan fingerprint density at radius 1 is 1.35 bits per heavy atom. The van der Waals surface area contributed by atoms with Gasteiger partial charge in [-0.25, -0.2) is 0 Å². The van der Waals surface area contributed by atoms with E-state index in [-0.39, 0.29) is 5.91 Å². The molecule has 0 aliphatic carbocycles. The van der Waals surface area contributed by atoms with E-state index in [0.29, 0.717) is 23.4 Å². The number of benzene rings is 1. The summed E-state index contributed by atoms with van der Waals surface area (Å²) in [4.78, 5) is 14.0. The molecule has 7 heteroatoms. The zero-order valence-electron chi connectivity index (χ0n) is 11.5. The molecular formula is C13H17N5OS. The average Bonchev–Trinajstić information content (AvgIpc) is 2.78. The van der Waals surface area contributed by atoms with Crippen molar-refractivity contribution in [2.75, 3.05) is 22.9 Å². The maximum atomic E-state index is 12.3. The second-order valence-electron chi connectivity index (χ2n) is 4.16. The van der Waals surface area contributed by atoms with Gasteiger partial charge in [0.1, 0.15) is 0 Å². The normalized spacial score (nSPS) is 10.5. The predicted octanol–water partition coefficient (Wildman–Crippen LogP) is 1.54. The highest BCUT2D eigenvalue weighted by atomic mass is 32.2. The van der Waals surface area contributed by atoms with Crippen LogP contribution in [-0.4, -0.2) is 33.0 Å². The lowest BCUT2D eigenvalue weighted by Crippen LogP contribution is -2.32. The van der Waals surface area contributed by atoms with Crippen molar-refractivity contribution in [3.05, 3.63) is 30.3 Å². The van der Waals surface area contributed by atoms with Crippen LogP contribution in [0.15, 0.2) is 35.5 Å². The highest BCUT2D eigenvalue weighted by Gasteiger charge is 2.15. The molecule has 0 atom stereocenters. The summed E-state index contributed by atoms with van der Waals surface area (Å²) in [6.45, 7) is 2.58. The van der Waals surface area contributed by atoms with E-state index in [1.54, 1.807) is 16.5 Å². The van der Waals surface area contributed by atoms with E-state index in [2.05, 4.69) is 10.2 Å². The fourth-order valence-corrected chi connectivity index (χ4v) is 2.56. The lowest BCUT2D eigenvalue weighted by atomic mass is 10.3. The number of nitrogens with two attached hydrogens (primary N) is 1. The van der Waals surface area contributed by atoms with Crippen LogP contribution >= 0.6 is 11.8 Å². The van der Waals surface area contributed by atoms with E-state index in [9.17, 15) is 4.79 Å². The third-order valence-corrected chi connectivity index (χ3v) is 3.88. The highest BCUT2D eigenvalue weighted by Crippen LogP contribution is 2.19. The Morgan fingerprint density at radius 2 is 2.05 bits per heavy atom. The molecule has 0 aliphatic heterocycles. The molecule has 6 nitrogen and oxygen atoms in total. The molecule has 0 unspecified atom stereocenters. The van der Waals surface area contributed by atoms with Crippen LogP contribution in [0.25, 0.3) is 0 Å². The fraction of sp³-hybridized carbons (Fsp3) is 0.308. The number of para-hydroxylation sites is 1. The van der Waals surface area contributed by atoms with E-state index in [1.807, 2.05) is 37.3 Å². The van der Waals surface area contributed by atoms with Crippen molar-refractivity contribution in [3.8, 4) is 0 Å². The van der Waals surface area contributed by atoms with Crippen LogP contribution in [0.2, 0.25) is 0 Å². The third kappa shape index (κ3) is 3.11. The van der Waals surface area contributed by atoms with E-state index < -0.39 is 0 Å². The summed E-state index contributed by atoms with van der Waals surface area (Å²) >= 11 is 1.33. The lowest BCUT2D eigenvalue weighted by molar-refractivity contribution is -0.116. The summed E-state index contributed by atoms with van der Waals surface area (Å²) in [5.41, 5.74) is 6.51. The molecule has 2 aromatic rings. The number of hydrogen-bond acceptors (Lipinski definition) is 5. The minimum atomic E-state index is 0.0327. The largest absolute Gasteiger partial charge is 0.368 e. The fourth-order valence-electron chi connectivity index (χ4n) is 1.77. The number of aromatic nitrogens is 3. The maximum absolute atomic E-state index is 12.3. The summed E-state index contributed by atoms with van der Waals surface area (Å²) < 4.78 is 1.66. The second-order valence-corrected chi connectivity index (χ2v) is 5.10. The summed E-state index contributed by atoms with van der Waals surface area (Å²) in [6.07, 6.45) is 0. The number of amides is 1. The molecule has 0 saturated carbocycles. The van der Waals surface area contributed by atoms with Gasteiger partial charge in [0.25, 0.3) is 0 Å². The molecule has 0 saturated heterocycles. The molecule has 106 valence electrons. The lowest BCUT2D eigenvalue weighted by Gasteiger charge is -2.20. The summed E-state index contributed by atoms with van der Waals surface area (Å²) in [5, 5.41) is 8.33. The smallest absolute Gasteiger partial charge is 0.237 e. The molecule has 0 aliphatic rings. The molecule has 0 fully saturated rings. The van der Waals surface area contributed by atoms with Crippen molar-refractivity contribution in [1.82, 2.24) is 14.8 Å². The minimum Gasteiger partial charge on any atom is -0.368 e. The first-order valence-corrected chi connectivity index (χ1v) is 7.25. The number of carbonyl (C=O) groups is 1. The Bertz CT molecular complexity index is 584. The van der Waals surface area contributed by atoms with Gasteiger partial charge in [-0.3, -0.25) is 9.36 Å². The highest BCUT2D eigenvalue weighted by molar-refractivity contribution is 7.99. The average molecular weight is 291 g/mol. The molecule has 1 aromatic heterocycles. The standard InChI is InChI=1S/C13H17N5OS/c1-3-18(10-7-5-4-6-8-10)11(19)9-20-13-16-15-12(14)17(13)2/h4-8H,3,9H2,1-2H3,(H2,14,15). The monoisotopic (exact) mass is 291 g/mol. The van der Waals surface area contributed by atoms with Gasteiger partial charge in [-0.15, -0.1) is 10.2 Å². The molecule has 0 spiro atoms. The summed E-state index contributed by atoms with van der Waals surface area (Å²) in [6, 6.07) is 9.61. The van der Waals surface area contributed by atoms with Crippen LogP contribution in [-0.2, 0) is 11.8 Å². The summed E-state index contributed by atoms with van der Waals surface area (Å²) in [7, 11) is 1.77. The van der Waals surface area contributed by atoms with Crippen molar-refractivity contribution in [1.29, 1.82) is 0 Å². The molecule has 2 N–H and O–H groups in total. The molecule has 1 heterocycles. The number of nitrogens with zero attached hydrogens (tertiary/aromatic N) is 4. The summed E-state index contributed by atoms with van der Waals surface area (Å²) in [5.74, 6) is 0.676. The number of thioether (sulfide) groups is 1. The third-order valence-electron chi connectivity index (χ3n) is 2.88. The molecule has 1 amide bonds. The molecule has 1 aromatic carbocycles. The SMILES string of the molecule is CCN(C(=O)CSc1nnc(N)n1C)c1ccccc1. The zero-order valence-corrected chi connectivity index (χ0v) is 12.3. The molecule has 0 radical (unpaired) electrons. The Kier molecular flexibility index (Phi) is 4.62. The number of anilines is 2. The van der Waals surface area contributed by atoms with Gasteiger partial charge in [0, 0.05) is 19.3 Å². The number of rotatable bonds is 5. The van der Waals surface area contributed by atoms with Gasteiger partial charge in [-0.2, -0.15) is 0 Å². The van der Waals surface area contributed by atoms with E-state index in [0.717, 1.165) is 5.69 Å². The van der Waals surface area contributed by atoms with E-state index in [1.165, 1.54) is 11.8 Å². The minimum absolute atomic E-state index is 0.0327. The Balaban J connectivity index is 2.02. The number of nitrogen functional groups attached to an aromatic ring is 1. The van der Waals surface area contributed by atoms with Gasteiger partial charge < -0.3 is 10.6 Å². The van der Waals surface area contributed by atoms with Crippen molar-refractivity contribution in [2.45, 2.75) is 12.1 Å². The Labute approximate surface area is 122 Å². The maximum Gasteiger partial charge on any atom is 0.237 e. The van der Waals surface area contributed by atoms with Crippen molar-refractivity contribution < 1.29 is 4.79 Å². The molecule has 2 rings (SSSR count). The van der Waals surface area contributed by atoms with Crippen LogP contribution in [0.5, 0.6) is 0 Å². The Hall–Kier alpha value is -2.02. The second kappa shape index (κ2) is 6.42. The number of hydrogen-bond donors (Lipinski definition) is 1. The predicted molar refractivity (Wildman–Crippen MR) is 80.6 cm³/mol. The van der Waals surface area contributed by atoms with Crippen molar-refractivity contribution >= 4 is 29.3 Å². The van der Waals surface area contributed by atoms with Gasteiger partial charge in [0.2, 0.25) is 11.9 Å². The molecule has 0 bridgehead atoms. The Morgan fingerprint density at radius 3 is 2.60 bits per heavy atom. The first-order valence-electron chi connectivity index (χ1n) is 6.26. The zero-order chi connectivity index (χ0) is 14.5. The quantitative estimate of drug-likeness (QED) is 0.846. The van der Waals surface area contributed by atoms with Gasteiger partial charge in [0.15, 0.2) is 5.16 Å². The van der Waals surface area contributed by atoms with Gasteiger partial charge in [0.05, 0.1) is 5.75 Å². The molecule has 20 heavy (non-hydrogen) atoms. The van der Waals surface area contributed by atoms with Crippen LogP contribution in [0.3, 0.4) is 0 Å². The molecular weight excluding hydrogens is 274 g/mol. The first-order chi connectivity index (χ1) is 9.63. The number of carbonyl (C=O) groups excluding carboxylic acids is 1. The van der Waals surface area contributed by atoms with Crippen LogP contribution in [0.1, 0.15) is 6.92 Å². The van der Waals surface area contributed by atoms with E-state index in [4.69, 9.17) is 5.73 Å². The van der Waals surface area contributed by atoms with Crippen LogP contribution in [0.4, 0.5) is 11.6 Å².